The molecule has 1 amide bonds. The second-order valence-electron chi connectivity index (χ2n) is 5.77. The number of nitrogens with one attached hydrogen (secondary N) is 1. The summed E-state index contributed by atoms with van der Waals surface area (Å²) >= 11 is 1.47. The number of hydrogen-bond acceptors (Lipinski definition) is 4. The van der Waals surface area contributed by atoms with Gasteiger partial charge in [0.1, 0.15) is 5.00 Å². The highest BCUT2D eigenvalue weighted by atomic mass is 32.1. The van der Waals surface area contributed by atoms with Gasteiger partial charge >= 0.3 is 5.97 Å². The average Bonchev–Trinajstić information content (AvgIpc) is 2.90. The molecule has 0 bridgehead atoms. The molecule has 4 nitrogen and oxygen atoms in total. The molecule has 0 saturated carbocycles. The van der Waals surface area contributed by atoms with E-state index in [1.165, 1.54) is 16.9 Å². The van der Waals surface area contributed by atoms with Crippen LogP contribution >= 0.6 is 11.3 Å². The van der Waals surface area contributed by atoms with E-state index >= 15 is 0 Å². The number of ether oxygens (including phenoxy) is 1. The molecule has 1 aromatic heterocycles. The second-order valence-corrected chi connectivity index (χ2v) is 6.86. The maximum absolute atomic E-state index is 12.1. The molecule has 1 atom stereocenters. The molecular weight excluding hydrogens is 310 g/mol. The Balaban J connectivity index is 2.95. The largest absolute Gasteiger partial charge is 0.462 e. The van der Waals surface area contributed by atoms with Crippen LogP contribution in [0.2, 0.25) is 0 Å². The molecule has 0 aromatic carbocycles. The van der Waals surface area contributed by atoms with E-state index in [1.807, 2.05) is 6.07 Å². The molecule has 0 aliphatic carbocycles. The summed E-state index contributed by atoms with van der Waals surface area (Å²) < 4.78 is 5.10. The molecule has 0 fully saturated rings. The van der Waals surface area contributed by atoms with E-state index < -0.39 is 0 Å². The third-order valence-corrected chi connectivity index (χ3v) is 4.74. The van der Waals surface area contributed by atoms with Crippen LogP contribution in [0.5, 0.6) is 0 Å². The van der Waals surface area contributed by atoms with Crippen LogP contribution in [0.15, 0.2) is 17.7 Å². The fourth-order valence-electron chi connectivity index (χ4n) is 2.09. The van der Waals surface area contributed by atoms with Crippen LogP contribution in [0.1, 0.15) is 75.0 Å². The van der Waals surface area contributed by atoms with Crippen molar-refractivity contribution < 1.29 is 14.3 Å². The van der Waals surface area contributed by atoms with Crippen molar-refractivity contribution in [2.45, 2.75) is 59.8 Å². The first-order valence-electron chi connectivity index (χ1n) is 8.13. The van der Waals surface area contributed by atoms with Gasteiger partial charge in [0.05, 0.1) is 12.2 Å². The summed E-state index contributed by atoms with van der Waals surface area (Å²) in [6, 6.07) is 1.86. The van der Waals surface area contributed by atoms with Crippen LogP contribution in [0.4, 0.5) is 5.00 Å². The summed E-state index contributed by atoms with van der Waals surface area (Å²) in [5.74, 6) is -0.143. The third-order valence-electron chi connectivity index (χ3n) is 3.46. The lowest BCUT2D eigenvalue weighted by Crippen LogP contribution is -2.12. The Hall–Kier alpha value is -1.62. The van der Waals surface area contributed by atoms with Gasteiger partial charge in [0.15, 0.2) is 0 Å². The third kappa shape index (κ3) is 6.18. The number of allylic oxidation sites excluding steroid dienone is 2. The van der Waals surface area contributed by atoms with Crippen molar-refractivity contribution in [2.24, 2.45) is 0 Å². The van der Waals surface area contributed by atoms with E-state index in [4.69, 9.17) is 4.74 Å². The fraction of sp³-hybridized carbons (Fsp3) is 0.556. The summed E-state index contributed by atoms with van der Waals surface area (Å²) in [5.41, 5.74) is 1.77. The minimum absolute atomic E-state index is 0.0962. The number of carbonyl (C=O) groups is 2. The molecule has 0 aliphatic heterocycles. The summed E-state index contributed by atoms with van der Waals surface area (Å²) in [6.07, 6.45) is 4.61. The average molecular weight is 337 g/mol. The summed E-state index contributed by atoms with van der Waals surface area (Å²) in [6.45, 7) is 10.2. The van der Waals surface area contributed by atoms with Crippen LogP contribution in [0, 0.1) is 0 Å². The molecule has 1 aromatic rings. The monoisotopic (exact) mass is 337 g/mol. The zero-order valence-corrected chi connectivity index (χ0v) is 15.5. The highest BCUT2D eigenvalue weighted by molar-refractivity contribution is 7.16. The topological polar surface area (TPSA) is 55.4 Å². The molecule has 1 heterocycles. The Morgan fingerprint density at radius 1 is 1.35 bits per heavy atom. The van der Waals surface area contributed by atoms with Crippen molar-refractivity contribution in [1.29, 1.82) is 0 Å². The molecule has 0 unspecified atom stereocenters. The predicted octanol–water partition coefficient (Wildman–Crippen LogP) is 5.12. The Morgan fingerprint density at radius 2 is 2.04 bits per heavy atom. The molecule has 0 aliphatic rings. The van der Waals surface area contributed by atoms with Gasteiger partial charge in [-0.2, -0.15) is 0 Å². The Morgan fingerprint density at radius 3 is 2.61 bits per heavy atom. The van der Waals surface area contributed by atoms with Gasteiger partial charge < -0.3 is 10.1 Å². The molecule has 0 radical (unpaired) electrons. The van der Waals surface area contributed by atoms with Gasteiger partial charge in [0.2, 0.25) is 5.91 Å². The van der Waals surface area contributed by atoms with Gasteiger partial charge in [-0.1, -0.05) is 25.5 Å². The van der Waals surface area contributed by atoms with Crippen LogP contribution in [0.25, 0.3) is 0 Å². The number of thiophene rings is 1. The van der Waals surface area contributed by atoms with Crippen LogP contribution < -0.4 is 5.32 Å². The van der Waals surface area contributed by atoms with Crippen molar-refractivity contribution in [3.63, 3.8) is 0 Å². The van der Waals surface area contributed by atoms with E-state index in [0.29, 0.717) is 29.5 Å². The lowest BCUT2D eigenvalue weighted by molar-refractivity contribution is -0.115. The number of esters is 1. The number of carbonyl (C=O) groups excluding carboxylic acids is 2. The van der Waals surface area contributed by atoms with Gasteiger partial charge in [-0.3, -0.25) is 4.79 Å². The first-order chi connectivity index (χ1) is 10.9. The highest BCUT2D eigenvalue weighted by Crippen LogP contribution is 2.35. The lowest BCUT2D eigenvalue weighted by atomic mass is 10.0. The maximum Gasteiger partial charge on any atom is 0.341 e. The van der Waals surface area contributed by atoms with Crippen molar-refractivity contribution in [1.82, 2.24) is 0 Å². The highest BCUT2D eigenvalue weighted by Gasteiger charge is 2.20. The smallest absolute Gasteiger partial charge is 0.341 e. The molecule has 1 N–H and O–H groups in total. The van der Waals surface area contributed by atoms with Crippen LogP contribution in [-0.2, 0) is 9.53 Å². The van der Waals surface area contributed by atoms with E-state index in [2.05, 4.69) is 32.2 Å². The SMILES string of the molecule is CCOC(=O)c1cc([C@@H](C)CCC=C(C)C)sc1NC(=O)CC. The van der Waals surface area contributed by atoms with Gasteiger partial charge in [0.25, 0.3) is 0 Å². The maximum atomic E-state index is 12.1. The van der Waals surface area contributed by atoms with Crippen molar-refractivity contribution >= 4 is 28.2 Å². The van der Waals surface area contributed by atoms with E-state index in [9.17, 15) is 9.59 Å². The zero-order chi connectivity index (χ0) is 17.4. The van der Waals surface area contributed by atoms with Crippen molar-refractivity contribution in [3.8, 4) is 0 Å². The number of amides is 1. The van der Waals surface area contributed by atoms with Gasteiger partial charge in [0, 0.05) is 11.3 Å². The molecule has 1 rings (SSSR count). The predicted molar refractivity (Wildman–Crippen MR) is 96.3 cm³/mol. The lowest BCUT2D eigenvalue weighted by Gasteiger charge is -2.07. The van der Waals surface area contributed by atoms with Gasteiger partial charge in [-0.15, -0.1) is 11.3 Å². The van der Waals surface area contributed by atoms with Crippen LogP contribution in [0.3, 0.4) is 0 Å². The Kier molecular flexibility index (Phi) is 8.03. The minimum atomic E-state index is -0.377. The van der Waals surface area contributed by atoms with Gasteiger partial charge in [-0.25, -0.2) is 4.79 Å². The Labute approximate surface area is 142 Å². The van der Waals surface area contributed by atoms with E-state index in [-0.39, 0.29) is 11.9 Å². The quantitative estimate of drug-likeness (QED) is 0.529. The van der Waals surface area contributed by atoms with Crippen molar-refractivity contribution in [3.05, 3.63) is 28.2 Å². The molecule has 0 spiro atoms. The minimum Gasteiger partial charge on any atom is -0.462 e. The molecule has 0 saturated heterocycles. The zero-order valence-electron chi connectivity index (χ0n) is 14.7. The van der Waals surface area contributed by atoms with Crippen molar-refractivity contribution in [2.75, 3.05) is 11.9 Å². The van der Waals surface area contributed by atoms with Crippen LogP contribution in [-0.4, -0.2) is 18.5 Å². The molecule has 5 heteroatoms. The first kappa shape index (κ1) is 19.4. The molecular formula is C18H27NO3S. The van der Waals surface area contributed by atoms with Gasteiger partial charge in [-0.05, 0) is 45.6 Å². The number of anilines is 1. The second kappa shape index (κ2) is 9.50. The van der Waals surface area contributed by atoms with E-state index in [1.54, 1.807) is 13.8 Å². The summed E-state index contributed by atoms with van der Waals surface area (Å²) in [5, 5.41) is 3.41. The summed E-state index contributed by atoms with van der Waals surface area (Å²) in [4.78, 5) is 24.9. The molecule has 23 heavy (non-hydrogen) atoms. The normalized spacial score (nSPS) is 11.7. The molecule has 128 valence electrons. The number of hydrogen-bond donors (Lipinski definition) is 1. The first-order valence-corrected chi connectivity index (χ1v) is 8.94. The summed E-state index contributed by atoms with van der Waals surface area (Å²) in [7, 11) is 0. The Bertz CT molecular complexity index is 571. The van der Waals surface area contributed by atoms with E-state index in [0.717, 1.165) is 17.7 Å². The fourth-order valence-corrected chi connectivity index (χ4v) is 3.23. The number of rotatable bonds is 8. The standard InChI is InChI=1S/C18H27NO3S/c1-6-16(20)19-17-14(18(21)22-7-2)11-15(23-17)13(5)10-8-9-12(3)4/h9,11,13H,6-8,10H2,1-5H3,(H,19,20)/t13-/m0/s1.